The summed E-state index contributed by atoms with van der Waals surface area (Å²) in [5.41, 5.74) is -0.380. The Labute approximate surface area is 108 Å². The zero-order valence-electron chi connectivity index (χ0n) is 10.2. The third kappa shape index (κ3) is 3.95. The Morgan fingerprint density at radius 3 is 2.63 bits per heavy atom. The van der Waals surface area contributed by atoms with Gasteiger partial charge in [-0.3, -0.25) is 14.9 Å². The molecule has 102 valence electrons. The molecule has 1 aromatic rings. The van der Waals surface area contributed by atoms with Gasteiger partial charge in [0.15, 0.2) is 0 Å². The van der Waals surface area contributed by atoms with E-state index >= 15 is 0 Å². The quantitative estimate of drug-likeness (QED) is 0.518. The number of nitrogens with zero attached hydrogens (tertiary/aromatic N) is 1. The normalized spacial score (nSPS) is 9.74. The SMILES string of the molecule is CCNC(=O)CNc1cc(C(=O)O)ccc1[N+](=O)[O-]. The summed E-state index contributed by atoms with van der Waals surface area (Å²) in [5, 5.41) is 24.7. The molecule has 8 nitrogen and oxygen atoms in total. The number of nitro benzene ring substituents is 1. The number of rotatable bonds is 6. The lowest BCUT2D eigenvalue weighted by Crippen LogP contribution is -2.29. The standard InChI is InChI=1S/C11H13N3O5/c1-2-12-10(15)6-13-8-5-7(11(16)17)3-4-9(8)14(18)19/h3-5,13H,2,6H2,1H3,(H,12,15)(H,16,17). The van der Waals surface area contributed by atoms with Gasteiger partial charge in [-0.15, -0.1) is 0 Å². The maximum atomic E-state index is 11.3. The summed E-state index contributed by atoms with van der Waals surface area (Å²) in [4.78, 5) is 32.2. The molecule has 0 radical (unpaired) electrons. The number of benzene rings is 1. The first-order valence-electron chi connectivity index (χ1n) is 5.48. The molecule has 0 atom stereocenters. The Bertz CT molecular complexity index is 515. The van der Waals surface area contributed by atoms with Crippen molar-refractivity contribution < 1.29 is 19.6 Å². The molecule has 0 bridgehead atoms. The Kier molecular flexibility index (Phi) is 4.81. The van der Waals surface area contributed by atoms with Crippen LogP contribution in [0, 0.1) is 10.1 Å². The summed E-state index contributed by atoms with van der Waals surface area (Å²) < 4.78 is 0. The maximum absolute atomic E-state index is 11.3. The molecule has 1 rings (SSSR count). The second kappa shape index (κ2) is 6.34. The largest absolute Gasteiger partial charge is 0.478 e. The molecule has 0 aliphatic rings. The minimum atomic E-state index is -1.20. The lowest BCUT2D eigenvalue weighted by atomic mass is 10.1. The van der Waals surface area contributed by atoms with Crippen LogP contribution in [0.2, 0.25) is 0 Å². The molecular weight excluding hydrogens is 254 g/mol. The number of nitrogens with one attached hydrogen (secondary N) is 2. The number of anilines is 1. The fourth-order valence-electron chi connectivity index (χ4n) is 1.41. The van der Waals surface area contributed by atoms with Crippen molar-refractivity contribution in [2.75, 3.05) is 18.4 Å². The van der Waals surface area contributed by atoms with Gasteiger partial charge >= 0.3 is 5.97 Å². The van der Waals surface area contributed by atoms with E-state index in [0.29, 0.717) is 6.54 Å². The monoisotopic (exact) mass is 267 g/mol. The van der Waals surface area contributed by atoms with Crippen molar-refractivity contribution in [3.8, 4) is 0 Å². The van der Waals surface area contributed by atoms with Crippen LogP contribution in [0.1, 0.15) is 17.3 Å². The van der Waals surface area contributed by atoms with E-state index in [9.17, 15) is 19.7 Å². The van der Waals surface area contributed by atoms with Crippen molar-refractivity contribution in [1.82, 2.24) is 5.32 Å². The second-order valence-electron chi connectivity index (χ2n) is 3.60. The number of aromatic carboxylic acids is 1. The molecule has 0 spiro atoms. The second-order valence-corrected chi connectivity index (χ2v) is 3.60. The third-order valence-corrected chi connectivity index (χ3v) is 2.25. The third-order valence-electron chi connectivity index (χ3n) is 2.25. The predicted molar refractivity (Wildman–Crippen MR) is 67.2 cm³/mol. The van der Waals surface area contributed by atoms with E-state index in [4.69, 9.17) is 5.11 Å². The number of amides is 1. The fourth-order valence-corrected chi connectivity index (χ4v) is 1.41. The van der Waals surface area contributed by atoms with Crippen LogP contribution in [-0.4, -0.2) is 35.0 Å². The summed E-state index contributed by atoms with van der Waals surface area (Å²) in [6, 6.07) is 3.35. The molecular formula is C11H13N3O5. The van der Waals surface area contributed by atoms with Crippen molar-refractivity contribution >= 4 is 23.3 Å². The highest BCUT2D eigenvalue weighted by Crippen LogP contribution is 2.25. The van der Waals surface area contributed by atoms with E-state index < -0.39 is 10.9 Å². The van der Waals surface area contributed by atoms with Gasteiger partial charge in [0.2, 0.25) is 5.91 Å². The number of nitro groups is 1. The summed E-state index contributed by atoms with van der Waals surface area (Å²) in [6.45, 7) is 2.01. The first-order valence-corrected chi connectivity index (χ1v) is 5.48. The van der Waals surface area contributed by atoms with Gasteiger partial charge < -0.3 is 15.7 Å². The molecule has 1 aromatic carbocycles. The Morgan fingerprint density at radius 1 is 1.42 bits per heavy atom. The van der Waals surface area contributed by atoms with Crippen LogP contribution in [0.5, 0.6) is 0 Å². The summed E-state index contributed by atoms with van der Waals surface area (Å²) in [7, 11) is 0. The van der Waals surface area contributed by atoms with Crippen molar-refractivity contribution in [3.63, 3.8) is 0 Å². The minimum Gasteiger partial charge on any atom is -0.478 e. The van der Waals surface area contributed by atoms with Gasteiger partial charge in [0, 0.05) is 12.6 Å². The van der Waals surface area contributed by atoms with Crippen molar-refractivity contribution in [2.45, 2.75) is 6.92 Å². The zero-order valence-corrected chi connectivity index (χ0v) is 10.2. The Morgan fingerprint density at radius 2 is 2.11 bits per heavy atom. The molecule has 0 aromatic heterocycles. The van der Waals surface area contributed by atoms with Crippen molar-refractivity contribution in [2.24, 2.45) is 0 Å². The number of hydrogen-bond donors (Lipinski definition) is 3. The topological polar surface area (TPSA) is 122 Å². The summed E-state index contributed by atoms with van der Waals surface area (Å²) in [6.07, 6.45) is 0. The smallest absolute Gasteiger partial charge is 0.335 e. The predicted octanol–water partition coefficient (Wildman–Crippen LogP) is 0.841. The fraction of sp³-hybridized carbons (Fsp3) is 0.273. The van der Waals surface area contributed by atoms with Gasteiger partial charge in [0.1, 0.15) is 5.69 Å². The van der Waals surface area contributed by atoms with Gasteiger partial charge in [0.05, 0.1) is 17.0 Å². The van der Waals surface area contributed by atoms with Gasteiger partial charge in [-0.2, -0.15) is 0 Å². The highest BCUT2D eigenvalue weighted by molar-refractivity contribution is 5.90. The molecule has 0 saturated heterocycles. The van der Waals surface area contributed by atoms with E-state index in [0.717, 1.165) is 18.2 Å². The summed E-state index contributed by atoms with van der Waals surface area (Å²) in [5.74, 6) is -1.53. The number of carboxylic acid groups (broad SMARTS) is 1. The number of carbonyl (C=O) groups excluding carboxylic acids is 1. The average Bonchev–Trinajstić information content (AvgIpc) is 2.36. The van der Waals surface area contributed by atoms with E-state index in [-0.39, 0.29) is 29.4 Å². The van der Waals surface area contributed by atoms with Crippen LogP contribution in [0.15, 0.2) is 18.2 Å². The highest BCUT2D eigenvalue weighted by atomic mass is 16.6. The van der Waals surface area contributed by atoms with E-state index in [1.807, 2.05) is 0 Å². The molecule has 19 heavy (non-hydrogen) atoms. The minimum absolute atomic E-state index is 0.00356. The molecule has 0 aliphatic heterocycles. The van der Waals surface area contributed by atoms with Crippen LogP contribution in [0.25, 0.3) is 0 Å². The van der Waals surface area contributed by atoms with Crippen molar-refractivity contribution in [1.29, 1.82) is 0 Å². The number of carbonyl (C=O) groups is 2. The first-order chi connectivity index (χ1) is 8.95. The zero-order chi connectivity index (χ0) is 14.4. The van der Waals surface area contributed by atoms with Crippen molar-refractivity contribution in [3.05, 3.63) is 33.9 Å². The molecule has 3 N–H and O–H groups in total. The molecule has 1 amide bonds. The molecule has 0 fully saturated rings. The lowest BCUT2D eigenvalue weighted by molar-refractivity contribution is -0.383. The van der Waals surface area contributed by atoms with Gasteiger partial charge in [-0.25, -0.2) is 4.79 Å². The van der Waals surface area contributed by atoms with Gasteiger partial charge in [-0.1, -0.05) is 0 Å². The van der Waals surface area contributed by atoms with E-state index in [2.05, 4.69) is 10.6 Å². The van der Waals surface area contributed by atoms with Crippen LogP contribution in [0.3, 0.4) is 0 Å². The van der Waals surface area contributed by atoms with E-state index in [1.54, 1.807) is 6.92 Å². The number of likely N-dealkylation sites (N-methyl/N-ethyl adjacent to an activating group) is 1. The van der Waals surface area contributed by atoms with Crippen LogP contribution in [0.4, 0.5) is 11.4 Å². The van der Waals surface area contributed by atoms with Gasteiger partial charge in [0.25, 0.3) is 5.69 Å². The van der Waals surface area contributed by atoms with E-state index in [1.165, 1.54) is 0 Å². The molecule has 0 heterocycles. The number of hydrogen-bond acceptors (Lipinski definition) is 5. The highest BCUT2D eigenvalue weighted by Gasteiger charge is 2.16. The van der Waals surface area contributed by atoms with Crippen LogP contribution >= 0.6 is 0 Å². The maximum Gasteiger partial charge on any atom is 0.335 e. The average molecular weight is 267 g/mol. The molecule has 8 heteroatoms. The molecule has 0 saturated carbocycles. The first kappa shape index (κ1) is 14.4. The van der Waals surface area contributed by atoms with Gasteiger partial charge in [-0.05, 0) is 19.1 Å². The lowest BCUT2D eigenvalue weighted by Gasteiger charge is -2.07. The van der Waals surface area contributed by atoms with Crippen LogP contribution < -0.4 is 10.6 Å². The molecule has 0 unspecified atom stereocenters. The Balaban J connectivity index is 2.94. The number of carboxylic acids is 1. The van der Waals surface area contributed by atoms with Crippen LogP contribution in [-0.2, 0) is 4.79 Å². The summed E-state index contributed by atoms with van der Waals surface area (Å²) >= 11 is 0. The Hall–Kier alpha value is -2.64. The molecule has 0 aliphatic carbocycles.